The van der Waals surface area contributed by atoms with Gasteiger partial charge in [0, 0.05) is 11.1 Å². The molecule has 12 nitrogen and oxygen atoms in total. The number of hydrogen-bond acceptors (Lipinski definition) is 10. The Hall–Kier alpha value is -4.32. The number of methoxy groups -OCH3 is 2. The molecule has 0 saturated carbocycles. The van der Waals surface area contributed by atoms with Crippen LogP contribution in [0.3, 0.4) is 0 Å². The molecule has 0 radical (unpaired) electrons. The van der Waals surface area contributed by atoms with Gasteiger partial charge >= 0.3 is 11.9 Å². The fourth-order valence-electron chi connectivity index (χ4n) is 4.21. The second-order valence-corrected chi connectivity index (χ2v) is 10.2. The van der Waals surface area contributed by atoms with E-state index in [4.69, 9.17) is 9.15 Å². The van der Waals surface area contributed by atoms with Gasteiger partial charge in [-0.2, -0.15) is 5.10 Å². The summed E-state index contributed by atoms with van der Waals surface area (Å²) >= 11 is 0. The van der Waals surface area contributed by atoms with Gasteiger partial charge in [0.05, 0.1) is 26.1 Å². The summed E-state index contributed by atoms with van der Waals surface area (Å²) in [5.41, 5.74) is -0.731. The molecule has 0 saturated heterocycles. The lowest BCUT2D eigenvalue weighted by atomic mass is 9.87. The lowest BCUT2D eigenvalue weighted by Crippen LogP contribution is -2.48. The van der Waals surface area contributed by atoms with Crippen molar-refractivity contribution in [1.29, 1.82) is 0 Å². The predicted molar refractivity (Wildman–Crippen MR) is 143 cm³/mol. The molecular formula is C28H34N4O8. The zero-order valence-corrected chi connectivity index (χ0v) is 23.3. The minimum absolute atomic E-state index is 0.0741. The third-order valence-corrected chi connectivity index (χ3v) is 6.06. The number of esters is 2. The van der Waals surface area contributed by atoms with Crippen molar-refractivity contribution in [3.8, 4) is 22.7 Å². The zero-order chi connectivity index (χ0) is 29.6. The standard InChI is InChI=1S/C28H34N4O8/c1-15(2)10-21(26(35)38-5)30-24(34)20-12-19(31-32-20)17-8-7-9-18(11-17)25-29-14-22(40-25)23(33)28(37,13-16(3)4)27(36)39-6/h7-9,11-12,14-16,21,37H,10,13H2,1-6H3,(H,30,34)(H,31,32)/t21-,28+/m0/s1. The molecule has 214 valence electrons. The summed E-state index contributed by atoms with van der Waals surface area (Å²) < 4.78 is 15.1. The van der Waals surface area contributed by atoms with E-state index in [0.717, 1.165) is 13.3 Å². The van der Waals surface area contributed by atoms with E-state index in [2.05, 4.69) is 25.2 Å². The van der Waals surface area contributed by atoms with Crippen LogP contribution in [-0.2, 0) is 19.1 Å². The van der Waals surface area contributed by atoms with Crippen LogP contribution in [-0.4, -0.2) is 69.8 Å². The number of benzene rings is 1. The predicted octanol–water partition coefficient (Wildman–Crippen LogP) is 3.18. The number of carbonyl (C=O) groups is 4. The molecular weight excluding hydrogens is 520 g/mol. The van der Waals surface area contributed by atoms with Gasteiger partial charge in [-0.25, -0.2) is 14.6 Å². The monoisotopic (exact) mass is 554 g/mol. The first-order valence-corrected chi connectivity index (χ1v) is 12.8. The molecule has 2 aromatic heterocycles. The summed E-state index contributed by atoms with van der Waals surface area (Å²) in [6, 6.07) is 7.58. The lowest BCUT2D eigenvalue weighted by molar-refractivity contribution is -0.158. The molecule has 1 amide bonds. The van der Waals surface area contributed by atoms with Gasteiger partial charge in [-0.15, -0.1) is 0 Å². The maximum absolute atomic E-state index is 13.0. The first-order valence-electron chi connectivity index (χ1n) is 12.8. The third kappa shape index (κ3) is 6.81. The second-order valence-electron chi connectivity index (χ2n) is 10.2. The summed E-state index contributed by atoms with van der Waals surface area (Å²) in [5, 5.41) is 20.4. The highest BCUT2D eigenvalue weighted by Gasteiger charge is 2.47. The number of Topliss-reactive ketones (excluding diaryl/α,β-unsaturated/α-hetero) is 1. The number of nitrogens with one attached hydrogen (secondary N) is 2. The molecule has 1 aromatic carbocycles. The van der Waals surface area contributed by atoms with Gasteiger partial charge < -0.3 is 24.3 Å². The number of hydrogen-bond donors (Lipinski definition) is 3. The number of rotatable bonds is 12. The van der Waals surface area contributed by atoms with Crippen molar-refractivity contribution in [2.45, 2.75) is 52.2 Å². The van der Waals surface area contributed by atoms with Gasteiger partial charge in [-0.3, -0.25) is 14.7 Å². The Labute approximate surface area is 231 Å². The Morgan fingerprint density at radius 1 is 1.05 bits per heavy atom. The number of ether oxygens (including phenoxy) is 2. The normalized spacial score (nSPS) is 13.5. The van der Waals surface area contributed by atoms with E-state index in [0.29, 0.717) is 23.2 Å². The Morgan fingerprint density at radius 2 is 1.75 bits per heavy atom. The van der Waals surface area contributed by atoms with Crippen LogP contribution in [0.5, 0.6) is 0 Å². The van der Waals surface area contributed by atoms with E-state index in [-0.39, 0.29) is 35.6 Å². The number of amides is 1. The number of oxazole rings is 1. The SMILES string of the molecule is COC(=O)[C@H](CC(C)C)NC(=O)c1cc(-c2cccc(-c3ncc(C(=O)[C@](O)(CC(C)C)C(=O)OC)o3)c2)n[nH]1. The van der Waals surface area contributed by atoms with Crippen LogP contribution in [0.15, 0.2) is 40.9 Å². The van der Waals surface area contributed by atoms with Crippen LogP contribution in [0.2, 0.25) is 0 Å². The fourth-order valence-corrected chi connectivity index (χ4v) is 4.21. The van der Waals surface area contributed by atoms with Crippen LogP contribution in [0, 0.1) is 11.8 Å². The van der Waals surface area contributed by atoms with Crippen molar-refractivity contribution in [2.24, 2.45) is 11.8 Å². The summed E-state index contributed by atoms with van der Waals surface area (Å²) in [6.07, 6.45) is 1.40. The number of ketones is 1. The molecule has 0 aliphatic heterocycles. The number of aromatic nitrogens is 3. The van der Waals surface area contributed by atoms with Crippen LogP contribution < -0.4 is 5.32 Å². The summed E-state index contributed by atoms with van der Waals surface area (Å²) in [6.45, 7) is 7.37. The molecule has 3 rings (SSSR count). The molecule has 3 aromatic rings. The minimum Gasteiger partial charge on any atom is -0.467 e. The Balaban J connectivity index is 1.82. The van der Waals surface area contributed by atoms with E-state index < -0.39 is 35.3 Å². The highest BCUT2D eigenvalue weighted by Crippen LogP contribution is 2.29. The van der Waals surface area contributed by atoms with Crippen LogP contribution in [0.1, 0.15) is 61.6 Å². The third-order valence-electron chi connectivity index (χ3n) is 6.06. The molecule has 0 aliphatic carbocycles. The second kappa shape index (κ2) is 12.7. The molecule has 0 aliphatic rings. The Morgan fingerprint density at radius 3 is 2.38 bits per heavy atom. The summed E-state index contributed by atoms with van der Waals surface area (Å²) in [4.78, 5) is 54.3. The van der Waals surface area contributed by atoms with Crippen LogP contribution in [0.25, 0.3) is 22.7 Å². The average Bonchev–Trinajstić information content (AvgIpc) is 3.61. The molecule has 3 N–H and O–H groups in total. The maximum atomic E-state index is 13.0. The fraction of sp³-hybridized carbons (Fsp3) is 0.429. The van der Waals surface area contributed by atoms with Crippen molar-refractivity contribution in [3.05, 3.63) is 48.0 Å². The highest BCUT2D eigenvalue weighted by atomic mass is 16.5. The molecule has 0 spiro atoms. The number of aliphatic hydroxyl groups is 1. The topological polar surface area (TPSA) is 174 Å². The van der Waals surface area contributed by atoms with Gasteiger partial charge in [0.1, 0.15) is 11.7 Å². The van der Waals surface area contributed by atoms with E-state index in [9.17, 15) is 24.3 Å². The van der Waals surface area contributed by atoms with E-state index >= 15 is 0 Å². The van der Waals surface area contributed by atoms with Crippen molar-refractivity contribution < 1.29 is 38.2 Å². The smallest absolute Gasteiger partial charge is 0.346 e. The molecule has 2 heterocycles. The van der Waals surface area contributed by atoms with Crippen molar-refractivity contribution >= 4 is 23.6 Å². The maximum Gasteiger partial charge on any atom is 0.346 e. The summed E-state index contributed by atoms with van der Waals surface area (Å²) in [7, 11) is 2.35. The van der Waals surface area contributed by atoms with Crippen LogP contribution >= 0.6 is 0 Å². The van der Waals surface area contributed by atoms with E-state index in [1.54, 1.807) is 38.1 Å². The molecule has 40 heavy (non-hydrogen) atoms. The number of H-pyrrole nitrogens is 1. The summed E-state index contributed by atoms with van der Waals surface area (Å²) in [5.74, 6) is -3.33. The molecule has 2 atom stereocenters. The highest BCUT2D eigenvalue weighted by molar-refractivity contribution is 6.14. The van der Waals surface area contributed by atoms with E-state index in [1.165, 1.54) is 13.2 Å². The average molecular weight is 555 g/mol. The van der Waals surface area contributed by atoms with Gasteiger partial charge in [0.15, 0.2) is 5.76 Å². The zero-order valence-electron chi connectivity index (χ0n) is 23.3. The lowest BCUT2D eigenvalue weighted by Gasteiger charge is -2.24. The number of nitrogens with zero attached hydrogens (tertiary/aromatic N) is 2. The Bertz CT molecular complexity index is 1380. The van der Waals surface area contributed by atoms with Crippen LogP contribution in [0.4, 0.5) is 0 Å². The Kier molecular flexibility index (Phi) is 9.59. The van der Waals surface area contributed by atoms with Crippen molar-refractivity contribution in [2.75, 3.05) is 14.2 Å². The van der Waals surface area contributed by atoms with Gasteiger partial charge in [0.2, 0.25) is 17.3 Å². The van der Waals surface area contributed by atoms with Gasteiger partial charge in [-0.05, 0) is 42.9 Å². The van der Waals surface area contributed by atoms with E-state index in [1.807, 2.05) is 13.8 Å². The van der Waals surface area contributed by atoms with Crippen molar-refractivity contribution in [1.82, 2.24) is 20.5 Å². The molecule has 0 fully saturated rings. The molecule has 12 heteroatoms. The number of carbonyl (C=O) groups excluding carboxylic acids is 4. The number of aromatic amines is 1. The quantitative estimate of drug-likeness (QED) is 0.171. The van der Waals surface area contributed by atoms with Crippen molar-refractivity contribution in [3.63, 3.8) is 0 Å². The van der Waals surface area contributed by atoms with Gasteiger partial charge in [-0.1, -0.05) is 39.8 Å². The molecule has 0 unspecified atom stereocenters. The molecule has 0 bridgehead atoms. The minimum atomic E-state index is -2.41. The van der Waals surface area contributed by atoms with Gasteiger partial charge in [0.25, 0.3) is 5.91 Å². The largest absolute Gasteiger partial charge is 0.467 e. The first kappa shape index (κ1) is 30.2. The first-order chi connectivity index (χ1) is 18.9.